The number of nitrogens with one attached hydrogen (secondary N) is 2. The van der Waals surface area contributed by atoms with Gasteiger partial charge in [0.15, 0.2) is 5.96 Å². The van der Waals surface area contributed by atoms with Gasteiger partial charge in [0.25, 0.3) is 0 Å². The van der Waals surface area contributed by atoms with Gasteiger partial charge < -0.3 is 15.4 Å². The maximum atomic E-state index is 5.50. The van der Waals surface area contributed by atoms with E-state index in [9.17, 15) is 0 Å². The fraction of sp³-hybridized carbons (Fsp3) is 0.750. The van der Waals surface area contributed by atoms with Gasteiger partial charge in [-0.3, -0.25) is 9.67 Å². The molecule has 124 valence electrons. The first-order chi connectivity index (χ1) is 10.3. The van der Waals surface area contributed by atoms with Gasteiger partial charge in [0.2, 0.25) is 0 Å². The highest BCUT2D eigenvalue weighted by molar-refractivity contribution is 5.80. The van der Waals surface area contributed by atoms with Gasteiger partial charge in [0.1, 0.15) is 0 Å². The molecule has 1 aliphatic carbocycles. The number of nitrogens with zero attached hydrogens (tertiary/aromatic N) is 3. The van der Waals surface area contributed by atoms with Crippen LogP contribution in [0.2, 0.25) is 0 Å². The minimum absolute atomic E-state index is 0.118. The summed E-state index contributed by atoms with van der Waals surface area (Å²) in [6, 6.07) is 0.375. The Labute approximate surface area is 133 Å². The molecule has 1 saturated carbocycles. The average molecular weight is 307 g/mol. The second kappa shape index (κ2) is 6.28. The van der Waals surface area contributed by atoms with E-state index in [4.69, 9.17) is 4.74 Å². The zero-order chi connectivity index (χ0) is 16.5. The van der Waals surface area contributed by atoms with Crippen LogP contribution in [0.4, 0.5) is 0 Å². The minimum Gasteiger partial charge on any atom is -0.381 e. The lowest BCUT2D eigenvalue weighted by Gasteiger charge is -2.51. The molecular formula is C16H29N5O. The molecular weight excluding hydrogens is 278 g/mol. The van der Waals surface area contributed by atoms with Crippen molar-refractivity contribution in [2.24, 2.45) is 17.5 Å². The van der Waals surface area contributed by atoms with E-state index in [-0.39, 0.29) is 5.41 Å². The number of guanidine groups is 1. The fourth-order valence-electron chi connectivity index (χ4n) is 3.14. The Morgan fingerprint density at radius 2 is 2.14 bits per heavy atom. The smallest absolute Gasteiger partial charge is 0.191 e. The van der Waals surface area contributed by atoms with Gasteiger partial charge in [-0.2, -0.15) is 5.10 Å². The van der Waals surface area contributed by atoms with Crippen molar-refractivity contribution >= 4 is 5.96 Å². The molecule has 22 heavy (non-hydrogen) atoms. The largest absolute Gasteiger partial charge is 0.381 e. The van der Waals surface area contributed by atoms with E-state index in [1.165, 1.54) is 11.3 Å². The Morgan fingerprint density at radius 1 is 1.45 bits per heavy atom. The van der Waals surface area contributed by atoms with Crippen LogP contribution in [0, 0.1) is 19.3 Å². The van der Waals surface area contributed by atoms with Crippen LogP contribution in [0.5, 0.6) is 0 Å². The predicted octanol–water partition coefficient (Wildman–Crippen LogP) is 1.52. The molecule has 1 aliphatic rings. The van der Waals surface area contributed by atoms with E-state index in [2.05, 4.69) is 41.5 Å². The van der Waals surface area contributed by atoms with Gasteiger partial charge in [0, 0.05) is 50.5 Å². The molecule has 2 unspecified atom stereocenters. The molecule has 6 heteroatoms. The zero-order valence-electron chi connectivity index (χ0n) is 14.8. The summed E-state index contributed by atoms with van der Waals surface area (Å²) < 4.78 is 7.42. The lowest BCUT2D eigenvalue weighted by atomic mass is 9.64. The van der Waals surface area contributed by atoms with Crippen molar-refractivity contribution in [3.8, 4) is 0 Å². The lowest BCUT2D eigenvalue weighted by Crippen LogP contribution is -2.63. The highest BCUT2D eigenvalue weighted by atomic mass is 16.5. The van der Waals surface area contributed by atoms with Gasteiger partial charge in [-0.15, -0.1) is 0 Å². The van der Waals surface area contributed by atoms with Gasteiger partial charge >= 0.3 is 0 Å². The quantitative estimate of drug-likeness (QED) is 0.654. The van der Waals surface area contributed by atoms with Crippen molar-refractivity contribution in [3.05, 3.63) is 17.0 Å². The van der Waals surface area contributed by atoms with Crippen LogP contribution < -0.4 is 10.6 Å². The van der Waals surface area contributed by atoms with Crippen LogP contribution >= 0.6 is 0 Å². The Morgan fingerprint density at radius 3 is 2.59 bits per heavy atom. The second-order valence-corrected chi connectivity index (χ2v) is 6.68. The summed E-state index contributed by atoms with van der Waals surface area (Å²) >= 11 is 0. The molecule has 0 aliphatic heterocycles. The maximum absolute atomic E-state index is 5.50. The Bertz CT molecular complexity index is 561. The van der Waals surface area contributed by atoms with E-state index in [1.807, 2.05) is 18.7 Å². The average Bonchev–Trinajstić information content (AvgIpc) is 2.71. The third-order valence-corrected chi connectivity index (χ3v) is 5.09. The van der Waals surface area contributed by atoms with E-state index in [0.29, 0.717) is 12.1 Å². The van der Waals surface area contributed by atoms with E-state index in [1.54, 1.807) is 14.2 Å². The highest BCUT2D eigenvalue weighted by Gasteiger charge is 2.48. The van der Waals surface area contributed by atoms with Crippen LogP contribution in [0.3, 0.4) is 0 Å². The SMILES string of the molecule is CN=C(NCc1c(C)nn(C)c1C)NC1CC(OC)C1(C)C. The number of methoxy groups -OCH3 is 1. The summed E-state index contributed by atoms with van der Waals surface area (Å²) in [6.07, 6.45) is 1.32. The van der Waals surface area contributed by atoms with Crippen molar-refractivity contribution < 1.29 is 4.74 Å². The van der Waals surface area contributed by atoms with E-state index in [0.717, 1.165) is 24.6 Å². The topological polar surface area (TPSA) is 63.5 Å². The minimum atomic E-state index is 0.118. The van der Waals surface area contributed by atoms with Crippen molar-refractivity contribution in [3.63, 3.8) is 0 Å². The zero-order valence-corrected chi connectivity index (χ0v) is 14.8. The molecule has 0 radical (unpaired) electrons. The number of aromatic nitrogens is 2. The maximum Gasteiger partial charge on any atom is 0.191 e. The molecule has 0 spiro atoms. The summed E-state index contributed by atoms with van der Waals surface area (Å²) in [5.74, 6) is 0.829. The van der Waals surface area contributed by atoms with Crippen LogP contribution in [0.1, 0.15) is 37.2 Å². The third kappa shape index (κ3) is 2.97. The van der Waals surface area contributed by atoms with Crippen LogP contribution in [0.15, 0.2) is 4.99 Å². The monoisotopic (exact) mass is 307 g/mol. The standard InChI is InChI=1S/C16H29N5O/c1-10-12(11(2)21(6)20-10)9-18-15(17-5)19-13-8-14(22-7)16(13,3)4/h13-14H,8-9H2,1-7H3,(H2,17,18,19). The molecule has 1 aromatic heterocycles. The number of hydrogen-bond donors (Lipinski definition) is 2. The third-order valence-electron chi connectivity index (χ3n) is 5.09. The molecule has 2 N–H and O–H groups in total. The number of aryl methyl sites for hydroxylation is 2. The Kier molecular flexibility index (Phi) is 4.80. The molecule has 2 rings (SSSR count). The molecule has 6 nitrogen and oxygen atoms in total. The number of hydrogen-bond acceptors (Lipinski definition) is 3. The molecule has 1 fully saturated rings. The lowest BCUT2D eigenvalue weighted by molar-refractivity contribution is -0.0922. The summed E-state index contributed by atoms with van der Waals surface area (Å²) in [5, 5.41) is 11.3. The van der Waals surface area contributed by atoms with E-state index >= 15 is 0 Å². The van der Waals surface area contributed by atoms with Crippen molar-refractivity contribution in [2.45, 2.75) is 52.8 Å². The Hall–Kier alpha value is -1.56. The molecule has 2 atom stereocenters. The number of ether oxygens (including phenoxy) is 1. The summed E-state index contributed by atoms with van der Waals surface area (Å²) in [6.45, 7) is 9.31. The molecule has 0 saturated heterocycles. The van der Waals surface area contributed by atoms with Gasteiger partial charge in [-0.1, -0.05) is 13.8 Å². The first-order valence-electron chi connectivity index (χ1n) is 7.80. The molecule has 1 aromatic rings. The van der Waals surface area contributed by atoms with Gasteiger partial charge in [-0.25, -0.2) is 0 Å². The summed E-state index contributed by atoms with van der Waals surface area (Å²) in [5.41, 5.74) is 3.59. The van der Waals surface area contributed by atoms with Crippen molar-refractivity contribution in [2.75, 3.05) is 14.2 Å². The van der Waals surface area contributed by atoms with Gasteiger partial charge in [-0.05, 0) is 20.3 Å². The number of aliphatic imine (C=N–C) groups is 1. The number of rotatable bonds is 4. The van der Waals surface area contributed by atoms with Crippen LogP contribution in [0.25, 0.3) is 0 Å². The normalized spacial score (nSPS) is 24.0. The summed E-state index contributed by atoms with van der Waals surface area (Å²) in [7, 11) is 5.56. The predicted molar refractivity (Wildman–Crippen MR) is 89.0 cm³/mol. The molecule has 0 aromatic carbocycles. The first-order valence-corrected chi connectivity index (χ1v) is 7.80. The summed E-state index contributed by atoms with van der Waals surface area (Å²) in [4.78, 5) is 4.33. The van der Waals surface area contributed by atoms with Crippen molar-refractivity contribution in [1.82, 2.24) is 20.4 Å². The van der Waals surface area contributed by atoms with Gasteiger partial charge in [0.05, 0.1) is 11.8 Å². The second-order valence-electron chi connectivity index (χ2n) is 6.68. The molecule has 0 amide bonds. The van der Waals surface area contributed by atoms with Crippen LogP contribution in [-0.2, 0) is 18.3 Å². The van der Waals surface area contributed by atoms with Crippen LogP contribution in [-0.4, -0.2) is 42.0 Å². The molecule has 0 bridgehead atoms. The van der Waals surface area contributed by atoms with E-state index < -0.39 is 0 Å². The van der Waals surface area contributed by atoms with Crippen molar-refractivity contribution in [1.29, 1.82) is 0 Å². The Balaban J connectivity index is 1.94. The highest BCUT2D eigenvalue weighted by Crippen LogP contribution is 2.42. The molecule has 1 heterocycles. The fourth-order valence-corrected chi connectivity index (χ4v) is 3.14. The first kappa shape index (κ1) is 16.8.